The summed E-state index contributed by atoms with van der Waals surface area (Å²) in [6.45, 7) is 6.98. The van der Waals surface area contributed by atoms with Gasteiger partial charge < -0.3 is 4.42 Å². The topological polar surface area (TPSA) is 13.1 Å². The molecule has 0 atom stereocenters. The predicted molar refractivity (Wildman–Crippen MR) is 67.1 cm³/mol. The van der Waals surface area contributed by atoms with Crippen LogP contribution >= 0.6 is 0 Å². The molecule has 0 radical (unpaired) electrons. The van der Waals surface area contributed by atoms with Gasteiger partial charge in [0, 0.05) is 5.56 Å². The maximum Gasteiger partial charge on any atom is 0.133 e. The van der Waals surface area contributed by atoms with Crippen LogP contribution in [0.5, 0.6) is 0 Å². The lowest BCUT2D eigenvalue weighted by atomic mass is 10.2. The lowest BCUT2D eigenvalue weighted by Crippen LogP contribution is -2.36. The van der Waals surface area contributed by atoms with Gasteiger partial charge in [0.05, 0.1) is 14.3 Å². The van der Waals surface area contributed by atoms with E-state index >= 15 is 0 Å². The van der Waals surface area contributed by atoms with Gasteiger partial charge in [-0.15, -0.1) is 0 Å². The van der Waals surface area contributed by atoms with Gasteiger partial charge in [-0.1, -0.05) is 50.0 Å². The molecule has 15 heavy (non-hydrogen) atoms. The third-order valence-electron chi connectivity index (χ3n) is 2.52. The summed E-state index contributed by atoms with van der Waals surface area (Å²) in [7, 11) is -1.24. The van der Waals surface area contributed by atoms with Gasteiger partial charge in [-0.3, -0.25) is 0 Å². The molecule has 2 aromatic rings. The average Bonchev–Trinajstić information content (AvgIpc) is 2.67. The Morgan fingerprint density at radius 3 is 2.20 bits per heavy atom. The fraction of sp³-hybridized carbons (Fsp3) is 0.231. The normalized spacial score (nSPS) is 11.7. The smallest absolute Gasteiger partial charge is 0.133 e. The van der Waals surface area contributed by atoms with E-state index in [1.807, 2.05) is 24.5 Å². The van der Waals surface area contributed by atoms with Gasteiger partial charge in [0.1, 0.15) is 5.76 Å². The standard InChI is InChI=1S/C13H16OSi/c1-15(2,3)12-9-13(14-10-12)11-7-5-4-6-8-11/h4-10H,1-3H3. The first-order valence-electron chi connectivity index (χ1n) is 5.22. The average molecular weight is 216 g/mol. The van der Waals surface area contributed by atoms with Crippen LogP contribution in [0.1, 0.15) is 0 Å². The zero-order valence-electron chi connectivity index (χ0n) is 9.45. The van der Waals surface area contributed by atoms with Crippen molar-refractivity contribution >= 4 is 13.3 Å². The summed E-state index contributed by atoms with van der Waals surface area (Å²) in [5.74, 6) is 0.980. The minimum atomic E-state index is -1.24. The molecule has 1 heterocycles. The van der Waals surface area contributed by atoms with Crippen molar-refractivity contribution in [3.05, 3.63) is 42.7 Å². The van der Waals surface area contributed by atoms with Crippen LogP contribution in [-0.4, -0.2) is 8.07 Å². The third-order valence-corrected chi connectivity index (χ3v) is 4.52. The van der Waals surface area contributed by atoms with Crippen molar-refractivity contribution in [2.24, 2.45) is 0 Å². The third kappa shape index (κ3) is 2.21. The van der Waals surface area contributed by atoms with Crippen LogP contribution in [0.3, 0.4) is 0 Å². The first-order valence-corrected chi connectivity index (χ1v) is 8.72. The molecule has 0 saturated carbocycles. The Kier molecular flexibility index (Phi) is 2.53. The zero-order valence-corrected chi connectivity index (χ0v) is 10.4. The van der Waals surface area contributed by atoms with Crippen molar-refractivity contribution in [2.75, 3.05) is 0 Å². The maximum atomic E-state index is 5.61. The predicted octanol–water partition coefficient (Wildman–Crippen LogP) is 3.49. The van der Waals surface area contributed by atoms with E-state index in [4.69, 9.17) is 4.42 Å². The van der Waals surface area contributed by atoms with Gasteiger partial charge in [-0.2, -0.15) is 0 Å². The molecule has 0 bridgehead atoms. The molecule has 0 aliphatic rings. The van der Waals surface area contributed by atoms with Crippen LogP contribution in [0, 0.1) is 0 Å². The van der Waals surface area contributed by atoms with Crippen molar-refractivity contribution in [2.45, 2.75) is 19.6 Å². The monoisotopic (exact) mass is 216 g/mol. The van der Waals surface area contributed by atoms with Crippen LogP contribution in [-0.2, 0) is 0 Å². The Labute approximate surface area is 91.8 Å². The second-order valence-corrected chi connectivity index (χ2v) is 9.89. The van der Waals surface area contributed by atoms with E-state index in [9.17, 15) is 0 Å². The second-order valence-electron chi connectivity index (χ2n) is 4.82. The van der Waals surface area contributed by atoms with Gasteiger partial charge in [0.25, 0.3) is 0 Å². The van der Waals surface area contributed by atoms with E-state index < -0.39 is 8.07 Å². The van der Waals surface area contributed by atoms with E-state index in [1.54, 1.807) is 0 Å². The first-order chi connectivity index (χ1) is 7.07. The number of benzene rings is 1. The number of rotatable bonds is 2. The fourth-order valence-corrected chi connectivity index (χ4v) is 2.46. The van der Waals surface area contributed by atoms with Crippen molar-refractivity contribution in [1.29, 1.82) is 0 Å². The fourth-order valence-electron chi connectivity index (χ4n) is 1.48. The van der Waals surface area contributed by atoms with Gasteiger partial charge in [0.2, 0.25) is 0 Å². The highest BCUT2D eigenvalue weighted by molar-refractivity contribution is 6.88. The van der Waals surface area contributed by atoms with Crippen molar-refractivity contribution < 1.29 is 4.42 Å². The van der Waals surface area contributed by atoms with Crippen LogP contribution in [0.15, 0.2) is 47.1 Å². The number of hydrogen-bond donors (Lipinski definition) is 0. The van der Waals surface area contributed by atoms with E-state index in [1.165, 1.54) is 5.19 Å². The molecule has 1 aromatic heterocycles. The Hall–Kier alpha value is -1.28. The quantitative estimate of drug-likeness (QED) is 0.700. The molecular formula is C13H16OSi. The molecule has 0 saturated heterocycles. The molecule has 0 aliphatic heterocycles. The summed E-state index contributed by atoms with van der Waals surface area (Å²) >= 11 is 0. The Bertz CT molecular complexity index is 437. The van der Waals surface area contributed by atoms with Crippen molar-refractivity contribution in [1.82, 2.24) is 0 Å². The lowest BCUT2D eigenvalue weighted by molar-refractivity contribution is 0.584. The van der Waals surface area contributed by atoms with E-state index in [2.05, 4.69) is 37.8 Å². The Morgan fingerprint density at radius 2 is 1.67 bits per heavy atom. The van der Waals surface area contributed by atoms with Crippen molar-refractivity contribution in [3.8, 4) is 11.3 Å². The van der Waals surface area contributed by atoms with Crippen LogP contribution in [0.2, 0.25) is 19.6 Å². The highest BCUT2D eigenvalue weighted by Crippen LogP contribution is 2.19. The Morgan fingerprint density at radius 1 is 1.00 bits per heavy atom. The molecule has 0 N–H and O–H groups in total. The molecule has 0 unspecified atom stereocenters. The second kappa shape index (κ2) is 3.70. The molecule has 78 valence electrons. The molecule has 0 spiro atoms. The molecule has 0 amide bonds. The van der Waals surface area contributed by atoms with E-state index in [0.29, 0.717) is 0 Å². The molecule has 1 aromatic carbocycles. The van der Waals surface area contributed by atoms with Gasteiger partial charge in [-0.05, 0) is 11.3 Å². The summed E-state index contributed by atoms with van der Waals surface area (Å²) in [5.41, 5.74) is 1.15. The SMILES string of the molecule is C[Si](C)(C)c1coc(-c2ccccc2)c1. The highest BCUT2D eigenvalue weighted by Gasteiger charge is 2.19. The van der Waals surface area contributed by atoms with Gasteiger partial charge in [-0.25, -0.2) is 0 Å². The lowest BCUT2D eigenvalue weighted by Gasteiger charge is -2.11. The summed E-state index contributed by atoms with van der Waals surface area (Å²) in [6.07, 6.45) is 1.91. The molecule has 0 aliphatic carbocycles. The number of hydrogen-bond acceptors (Lipinski definition) is 1. The van der Waals surface area contributed by atoms with Gasteiger partial charge >= 0.3 is 0 Å². The van der Waals surface area contributed by atoms with Crippen LogP contribution in [0.4, 0.5) is 0 Å². The maximum absolute atomic E-state index is 5.61. The largest absolute Gasteiger partial charge is 0.464 e. The molecule has 2 rings (SSSR count). The number of furan rings is 1. The summed E-state index contributed by atoms with van der Waals surface area (Å²) in [6, 6.07) is 12.4. The highest BCUT2D eigenvalue weighted by atomic mass is 28.3. The molecular weight excluding hydrogens is 200 g/mol. The molecule has 1 nitrogen and oxygen atoms in total. The molecule has 2 heteroatoms. The summed E-state index contributed by atoms with van der Waals surface area (Å²) in [4.78, 5) is 0. The van der Waals surface area contributed by atoms with Crippen LogP contribution < -0.4 is 5.19 Å². The summed E-state index contributed by atoms with van der Waals surface area (Å²) < 4.78 is 5.61. The van der Waals surface area contributed by atoms with Crippen molar-refractivity contribution in [3.63, 3.8) is 0 Å². The van der Waals surface area contributed by atoms with Crippen LogP contribution in [0.25, 0.3) is 11.3 Å². The van der Waals surface area contributed by atoms with E-state index in [0.717, 1.165) is 11.3 Å². The zero-order chi connectivity index (χ0) is 10.9. The Balaban J connectivity index is 2.37. The minimum absolute atomic E-state index is 0.980. The minimum Gasteiger partial charge on any atom is -0.464 e. The summed E-state index contributed by atoms with van der Waals surface area (Å²) in [5, 5.41) is 1.38. The first kappa shape index (κ1) is 10.2. The molecule has 0 fully saturated rings. The van der Waals surface area contributed by atoms with Gasteiger partial charge in [0.15, 0.2) is 0 Å². The van der Waals surface area contributed by atoms with E-state index in [-0.39, 0.29) is 0 Å².